The molecule has 0 bridgehead atoms. The van der Waals surface area contributed by atoms with Crippen molar-refractivity contribution in [3.8, 4) is 0 Å². The first-order valence-electron chi connectivity index (χ1n) is 5.57. The smallest absolute Gasteiger partial charge is 0.0701 e. The Hall–Kier alpha value is -1.03. The predicted octanol–water partition coefficient (Wildman–Crippen LogP) is 4.21. The van der Waals surface area contributed by atoms with Crippen molar-refractivity contribution in [3.05, 3.63) is 63.1 Å². The lowest BCUT2D eigenvalue weighted by Crippen LogP contribution is -2.02. The summed E-state index contributed by atoms with van der Waals surface area (Å²) in [5.41, 5.74) is 2.83. The molecule has 0 aliphatic heterocycles. The molecule has 0 amide bonds. The van der Waals surface area contributed by atoms with E-state index in [-0.39, 0.29) is 6.61 Å². The summed E-state index contributed by atoms with van der Waals surface area (Å²) < 4.78 is 0.965. The lowest BCUT2D eigenvalue weighted by Gasteiger charge is -2.11. The summed E-state index contributed by atoms with van der Waals surface area (Å²) in [6.45, 7) is 0.653. The Morgan fingerprint density at radius 2 is 1.89 bits per heavy atom. The van der Waals surface area contributed by atoms with Crippen LogP contribution >= 0.6 is 27.5 Å². The van der Waals surface area contributed by atoms with Crippen molar-refractivity contribution in [2.75, 3.05) is 5.32 Å². The van der Waals surface area contributed by atoms with E-state index < -0.39 is 0 Å². The maximum Gasteiger partial charge on any atom is 0.0701 e. The largest absolute Gasteiger partial charge is 0.392 e. The van der Waals surface area contributed by atoms with Crippen LogP contribution in [0, 0.1) is 0 Å². The van der Waals surface area contributed by atoms with Gasteiger partial charge in [-0.05, 0) is 23.8 Å². The molecule has 0 aliphatic carbocycles. The van der Waals surface area contributed by atoms with Crippen molar-refractivity contribution >= 4 is 33.2 Å². The van der Waals surface area contributed by atoms with Gasteiger partial charge in [-0.15, -0.1) is 0 Å². The van der Waals surface area contributed by atoms with E-state index in [9.17, 15) is 5.11 Å². The summed E-state index contributed by atoms with van der Waals surface area (Å²) in [6.07, 6.45) is 0. The highest BCUT2D eigenvalue weighted by Crippen LogP contribution is 2.23. The fourth-order valence-corrected chi connectivity index (χ4v) is 2.43. The first-order chi connectivity index (χ1) is 8.70. The molecule has 2 nitrogen and oxygen atoms in total. The maximum absolute atomic E-state index is 9.23. The van der Waals surface area contributed by atoms with Crippen LogP contribution in [0.5, 0.6) is 0 Å². The molecule has 0 heterocycles. The van der Waals surface area contributed by atoms with Gasteiger partial charge in [-0.2, -0.15) is 0 Å². The van der Waals surface area contributed by atoms with Gasteiger partial charge in [-0.3, -0.25) is 0 Å². The van der Waals surface area contributed by atoms with Crippen molar-refractivity contribution < 1.29 is 5.11 Å². The molecule has 94 valence electrons. The SMILES string of the molecule is OCc1ccccc1NCc1ccc(Br)cc1Cl. The van der Waals surface area contributed by atoms with Gasteiger partial charge in [0.15, 0.2) is 0 Å². The molecule has 0 atom stereocenters. The molecule has 0 saturated carbocycles. The number of benzene rings is 2. The van der Waals surface area contributed by atoms with Gasteiger partial charge < -0.3 is 10.4 Å². The molecule has 2 rings (SSSR count). The molecule has 0 radical (unpaired) electrons. The molecule has 4 heteroatoms. The highest BCUT2D eigenvalue weighted by Gasteiger charge is 2.03. The number of rotatable bonds is 4. The van der Waals surface area contributed by atoms with Gasteiger partial charge in [0.05, 0.1) is 6.61 Å². The monoisotopic (exact) mass is 325 g/mol. The van der Waals surface area contributed by atoms with Crippen molar-refractivity contribution in [1.82, 2.24) is 0 Å². The summed E-state index contributed by atoms with van der Waals surface area (Å²) in [6, 6.07) is 13.5. The lowest BCUT2D eigenvalue weighted by atomic mass is 10.1. The zero-order valence-corrected chi connectivity index (χ0v) is 12.0. The molecular weight excluding hydrogens is 314 g/mol. The van der Waals surface area contributed by atoms with Crippen LogP contribution in [0.4, 0.5) is 5.69 Å². The van der Waals surface area contributed by atoms with Crippen LogP contribution in [0.25, 0.3) is 0 Å². The van der Waals surface area contributed by atoms with Crippen LogP contribution < -0.4 is 5.32 Å². The fraction of sp³-hybridized carbons (Fsp3) is 0.143. The molecule has 0 unspecified atom stereocenters. The first-order valence-corrected chi connectivity index (χ1v) is 6.74. The Balaban J connectivity index is 2.11. The van der Waals surface area contributed by atoms with Gasteiger partial charge in [0.25, 0.3) is 0 Å². The van der Waals surface area contributed by atoms with Gasteiger partial charge in [0.2, 0.25) is 0 Å². The van der Waals surface area contributed by atoms with Crippen LogP contribution in [0.15, 0.2) is 46.9 Å². The summed E-state index contributed by atoms with van der Waals surface area (Å²) in [7, 11) is 0. The van der Waals surface area contributed by atoms with E-state index in [1.165, 1.54) is 0 Å². The number of aliphatic hydroxyl groups excluding tert-OH is 1. The number of anilines is 1. The molecule has 0 aromatic heterocycles. The van der Waals surface area contributed by atoms with E-state index in [4.69, 9.17) is 11.6 Å². The van der Waals surface area contributed by atoms with E-state index in [0.29, 0.717) is 6.54 Å². The van der Waals surface area contributed by atoms with Crippen molar-refractivity contribution in [2.45, 2.75) is 13.2 Å². The summed E-state index contributed by atoms with van der Waals surface area (Å²) in [5, 5.41) is 13.2. The Labute approximate surface area is 120 Å². The Morgan fingerprint density at radius 3 is 2.61 bits per heavy atom. The van der Waals surface area contributed by atoms with Gasteiger partial charge >= 0.3 is 0 Å². The van der Waals surface area contributed by atoms with E-state index in [0.717, 1.165) is 26.3 Å². The van der Waals surface area contributed by atoms with Crippen LogP contribution in [0.2, 0.25) is 5.02 Å². The third kappa shape index (κ3) is 3.25. The second-order valence-electron chi connectivity index (χ2n) is 3.90. The average molecular weight is 327 g/mol. The second kappa shape index (κ2) is 6.23. The summed E-state index contributed by atoms with van der Waals surface area (Å²) >= 11 is 9.53. The van der Waals surface area contributed by atoms with Gasteiger partial charge in [0, 0.05) is 27.3 Å². The molecule has 0 aliphatic rings. The van der Waals surface area contributed by atoms with Crippen LogP contribution in [0.1, 0.15) is 11.1 Å². The molecule has 0 spiro atoms. The number of para-hydroxylation sites is 1. The molecule has 2 aromatic rings. The zero-order chi connectivity index (χ0) is 13.0. The minimum Gasteiger partial charge on any atom is -0.392 e. The minimum absolute atomic E-state index is 0.0250. The maximum atomic E-state index is 9.23. The molecule has 18 heavy (non-hydrogen) atoms. The van der Waals surface area contributed by atoms with Gasteiger partial charge in [-0.25, -0.2) is 0 Å². The van der Waals surface area contributed by atoms with Crippen LogP contribution in [0.3, 0.4) is 0 Å². The standard InChI is InChI=1S/C14H13BrClNO/c15-12-6-5-10(13(16)7-12)8-17-14-4-2-1-3-11(14)9-18/h1-7,17-18H,8-9H2. The second-order valence-corrected chi connectivity index (χ2v) is 5.23. The van der Waals surface area contributed by atoms with E-state index in [2.05, 4.69) is 21.2 Å². The molecule has 2 aromatic carbocycles. The topological polar surface area (TPSA) is 32.3 Å². The molecular formula is C14H13BrClNO. The highest BCUT2D eigenvalue weighted by atomic mass is 79.9. The number of halogens is 2. The van der Waals surface area contributed by atoms with Crippen molar-refractivity contribution in [1.29, 1.82) is 0 Å². The fourth-order valence-electron chi connectivity index (χ4n) is 1.69. The molecule has 0 fully saturated rings. The third-order valence-electron chi connectivity index (χ3n) is 2.67. The number of hydrogen-bond acceptors (Lipinski definition) is 2. The number of aliphatic hydroxyl groups is 1. The molecule has 0 saturated heterocycles. The molecule has 2 N–H and O–H groups in total. The van der Waals surface area contributed by atoms with Crippen molar-refractivity contribution in [3.63, 3.8) is 0 Å². The predicted molar refractivity (Wildman–Crippen MR) is 78.8 cm³/mol. The Morgan fingerprint density at radius 1 is 1.11 bits per heavy atom. The van der Waals surface area contributed by atoms with E-state index in [1.54, 1.807) is 0 Å². The first kappa shape index (κ1) is 13.4. The summed E-state index contributed by atoms with van der Waals surface area (Å²) in [4.78, 5) is 0. The van der Waals surface area contributed by atoms with Gasteiger partial charge in [-0.1, -0.05) is 51.8 Å². The van der Waals surface area contributed by atoms with Crippen molar-refractivity contribution in [2.24, 2.45) is 0 Å². The van der Waals surface area contributed by atoms with E-state index in [1.807, 2.05) is 42.5 Å². The van der Waals surface area contributed by atoms with Crippen LogP contribution in [-0.4, -0.2) is 5.11 Å². The summed E-state index contributed by atoms with van der Waals surface area (Å²) in [5.74, 6) is 0. The third-order valence-corrected chi connectivity index (χ3v) is 3.52. The van der Waals surface area contributed by atoms with Gasteiger partial charge in [0.1, 0.15) is 0 Å². The highest BCUT2D eigenvalue weighted by molar-refractivity contribution is 9.10. The average Bonchev–Trinajstić information content (AvgIpc) is 2.38. The van der Waals surface area contributed by atoms with E-state index >= 15 is 0 Å². The number of nitrogens with one attached hydrogen (secondary N) is 1. The quantitative estimate of drug-likeness (QED) is 0.882. The minimum atomic E-state index is 0.0250. The Bertz CT molecular complexity index is 545. The normalized spacial score (nSPS) is 10.4. The Kier molecular flexibility index (Phi) is 4.64. The van der Waals surface area contributed by atoms with Crippen LogP contribution in [-0.2, 0) is 13.2 Å². The number of hydrogen-bond donors (Lipinski definition) is 2. The zero-order valence-electron chi connectivity index (χ0n) is 9.66. The lowest BCUT2D eigenvalue weighted by molar-refractivity contribution is 0.282.